The van der Waals surface area contributed by atoms with E-state index in [9.17, 15) is 9.59 Å². The fraction of sp³-hybridized carbons (Fsp3) is 0.818. The Morgan fingerprint density at radius 3 is 2.56 bits per heavy atom. The van der Waals surface area contributed by atoms with Gasteiger partial charge in [0.25, 0.3) is 0 Å². The van der Waals surface area contributed by atoms with Crippen molar-refractivity contribution in [1.82, 2.24) is 10.6 Å². The first-order valence-corrected chi connectivity index (χ1v) is 5.91. The highest BCUT2D eigenvalue weighted by molar-refractivity contribution is 5.82. The highest BCUT2D eigenvalue weighted by Crippen LogP contribution is 1.89. The number of amides is 2. The van der Waals surface area contributed by atoms with Crippen LogP contribution in [0.1, 0.15) is 19.8 Å². The molecule has 0 fully saturated rings. The van der Waals surface area contributed by atoms with E-state index in [1.165, 1.54) is 6.92 Å². The summed E-state index contributed by atoms with van der Waals surface area (Å²) in [5, 5.41) is 13.5. The first-order chi connectivity index (χ1) is 8.57. The largest absolute Gasteiger partial charge is 0.480 e. The lowest BCUT2D eigenvalue weighted by molar-refractivity contribution is -0.138. The smallest absolute Gasteiger partial charge is 0.325 e. The van der Waals surface area contributed by atoms with Gasteiger partial charge in [-0.15, -0.1) is 0 Å². The molecule has 0 spiro atoms. The second-order valence-corrected chi connectivity index (χ2v) is 3.77. The summed E-state index contributed by atoms with van der Waals surface area (Å²) in [6, 6.07) is -1.35. The van der Waals surface area contributed by atoms with Crippen LogP contribution in [0.25, 0.3) is 0 Å². The van der Waals surface area contributed by atoms with Crippen LogP contribution in [0.2, 0.25) is 0 Å². The third-order valence-corrected chi connectivity index (χ3v) is 2.15. The molecule has 0 saturated carbocycles. The Bertz CT molecular complexity index is 248. The predicted octanol–water partition coefficient (Wildman–Crippen LogP) is 0.202. The normalized spacial score (nSPS) is 11.9. The number of carboxylic acid groups (broad SMARTS) is 1. The van der Waals surface area contributed by atoms with E-state index in [4.69, 9.17) is 14.6 Å². The van der Waals surface area contributed by atoms with Crippen molar-refractivity contribution in [2.45, 2.75) is 25.8 Å². The van der Waals surface area contributed by atoms with Crippen LogP contribution in [-0.4, -0.2) is 56.6 Å². The molecule has 0 aromatic carbocycles. The van der Waals surface area contributed by atoms with E-state index in [0.717, 1.165) is 12.8 Å². The third-order valence-electron chi connectivity index (χ3n) is 2.15. The fourth-order valence-electron chi connectivity index (χ4n) is 1.08. The van der Waals surface area contributed by atoms with Gasteiger partial charge >= 0.3 is 12.0 Å². The van der Waals surface area contributed by atoms with Gasteiger partial charge in [-0.25, -0.2) is 4.79 Å². The molecular formula is C11H22N2O5. The molecule has 1 atom stereocenters. The Kier molecular flexibility index (Phi) is 9.99. The second kappa shape index (κ2) is 10.8. The molecule has 0 radical (unpaired) electrons. The fourth-order valence-corrected chi connectivity index (χ4v) is 1.08. The van der Waals surface area contributed by atoms with Gasteiger partial charge in [0.2, 0.25) is 0 Å². The van der Waals surface area contributed by atoms with Crippen molar-refractivity contribution >= 4 is 12.0 Å². The molecule has 18 heavy (non-hydrogen) atoms. The first-order valence-electron chi connectivity index (χ1n) is 5.91. The number of methoxy groups -OCH3 is 1. The molecule has 0 unspecified atom stereocenters. The summed E-state index contributed by atoms with van der Waals surface area (Å²) in [4.78, 5) is 21.7. The molecule has 0 saturated heterocycles. The number of hydrogen-bond donors (Lipinski definition) is 3. The molecular weight excluding hydrogens is 240 g/mol. The van der Waals surface area contributed by atoms with Gasteiger partial charge in [-0.2, -0.15) is 0 Å². The molecule has 106 valence electrons. The lowest BCUT2D eigenvalue weighted by Gasteiger charge is -2.10. The van der Waals surface area contributed by atoms with E-state index in [1.54, 1.807) is 7.11 Å². The molecule has 7 nitrogen and oxygen atoms in total. The van der Waals surface area contributed by atoms with Crippen molar-refractivity contribution in [3.8, 4) is 0 Å². The average Bonchev–Trinajstić information content (AvgIpc) is 2.32. The number of hydrogen-bond acceptors (Lipinski definition) is 4. The molecule has 0 aliphatic rings. The lowest BCUT2D eigenvalue weighted by Crippen LogP contribution is -2.44. The Balaban J connectivity index is 3.33. The molecule has 7 heteroatoms. The molecule has 3 N–H and O–H groups in total. The maximum absolute atomic E-state index is 11.2. The summed E-state index contributed by atoms with van der Waals surface area (Å²) in [5.74, 6) is -1.06. The molecule has 0 aliphatic carbocycles. The Morgan fingerprint density at radius 1 is 1.22 bits per heavy atom. The van der Waals surface area contributed by atoms with Gasteiger partial charge in [0.15, 0.2) is 0 Å². The highest BCUT2D eigenvalue weighted by atomic mass is 16.5. The van der Waals surface area contributed by atoms with Crippen molar-refractivity contribution in [2.24, 2.45) is 0 Å². The minimum absolute atomic E-state index is 0.467. The molecule has 0 bridgehead atoms. The zero-order valence-corrected chi connectivity index (χ0v) is 10.9. The van der Waals surface area contributed by atoms with Crippen LogP contribution < -0.4 is 10.6 Å². The topological polar surface area (TPSA) is 96.9 Å². The van der Waals surface area contributed by atoms with E-state index in [2.05, 4.69) is 10.6 Å². The summed E-state index contributed by atoms with van der Waals surface area (Å²) in [6.07, 6.45) is 1.61. The quantitative estimate of drug-likeness (QED) is 0.489. The van der Waals surface area contributed by atoms with Gasteiger partial charge < -0.3 is 25.2 Å². The Hall–Kier alpha value is -1.34. The lowest BCUT2D eigenvalue weighted by atomic mass is 10.3. The van der Waals surface area contributed by atoms with Gasteiger partial charge in [-0.1, -0.05) is 0 Å². The number of urea groups is 1. The van der Waals surface area contributed by atoms with Gasteiger partial charge in [-0.3, -0.25) is 4.79 Å². The van der Waals surface area contributed by atoms with Gasteiger partial charge in [0.1, 0.15) is 6.04 Å². The molecule has 0 heterocycles. The molecule has 2 amide bonds. The first kappa shape index (κ1) is 16.7. The average molecular weight is 262 g/mol. The van der Waals surface area contributed by atoms with Crippen LogP contribution in [0.5, 0.6) is 0 Å². The van der Waals surface area contributed by atoms with Crippen LogP contribution in [-0.2, 0) is 14.3 Å². The molecule has 0 aliphatic heterocycles. The second-order valence-electron chi connectivity index (χ2n) is 3.77. The van der Waals surface area contributed by atoms with E-state index < -0.39 is 18.0 Å². The summed E-state index contributed by atoms with van der Waals surface area (Å²) in [7, 11) is 1.62. The van der Waals surface area contributed by atoms with Crippen molar-refractivity contribution in [2.75, 3.05) is 33.5 Å². The Morgan fingerprint density at radius 2 is 1.94 bits per heavy atom. The van der Waals surface area contributed by atoms with E-state index >= 15 is 0 Å². The summed E-state index contributed by atoms with van der Waals surface area (Å²) in [5.41, 5.74) is 0. The van der Waals surface area contributed by atoms with E-state index in [-0.39, 0.29) is 0 Å². The van der Waals surface area contributed by atoms with Crippen LogP contribution in [0.3, 0.4) is 0 Å². The van der Waals surface area contributed by atoms with Crippen molar-refractivity contribution < 1.29 is 24.2 Å². The van der Waals surface area contributed by atoms with Crippen LogP contribution >= 0.6 is 0 Å². The van der Waals surface area contributed by atoms with Crippen molar-refractivity contribution in [3.05, 3.63) is 0 Å². The minimum atomic E-state index is -1.06. The van der Waals surface area contributed by atoms with Gasteiger partial charge in [0.05, 0.1) is 13.2 Å². The maximum Gasteiger partial charge on any atom is 0.325 e. The summed E-state index contributed by atoms with van der Waals surface area (Å²) >= 11 is 0. The Labute approximate surface area is 107 Å². The number of aliphatic carboxylic acids is 1. The highest BCUT2D eigenvalue weighted by Gasteiger charge is 2.12. The standard InChI is InChI=1S/C11H22N2O5/c1-9(10(14)15)13-11(16)12-5-3-4-6-18-8-7-17-2/h9H,3-8H2,1-2H3,(H,14,15)(H2,12,13,16)/t9-/m1/s1. The number of carbonyl (C=O) groups is 2. The van der Waals surface area contributed by atoms with E-state index in [0.29, 0.717) is 26.4 Å². The number of carbonyl (C=O) groups excluding carboxylic acids is 1. The molecule has 0 rings (SSSR count). The summed E-state index contributed by atoms with van der Waals surface area (Å²) in [6.45, 7) is 3.67. The van der Waals surface area contributed by atoms with Crippen LogP contribution in [0, 0.1) is 0 Å². The van der Waals surface area contributed by atoms with Crippen molar-refractivity contribution in [1.29, 1.82) is 0 Å². The third kappa shape index (κ3) is 9.86. The minimum Gasteiger partial charge on any atom is -0.480 e. The monoisotopic (exact) mass is 262 g/mol. The zero-order valence-electron chi connectivity index (χ0n) is 10.9. The van der Waals surface area contributed by atoms with E-state index in [1.807, 2.05) is 0 Å². The zero-order chi connectivity index (χ0) is 13.8. The maximum atomic E-state index is 11.2. The molecule has 0 aromatic heterocycles. The van der Waals surface area contributed by atoms with Gasteiger partial charge in [0, 0.05) is 20.3 Å². The number of ether oxygens (including phenoxy) is 2. The predicted molar refractivity (Wildman–Crippen MR) is 65.6 cm³/mol. The summed E-state index contributed by atoms with van der Waals surface area (Å²) < 4.78 is 10.1. The van der Waals surface area contributed by atoms with Crippen LogP contribution in [0.4, 0.5) is 4.79 Å². The number of carboxylic acids is 1. The number of rotatable bonds is 10. The number of nitrogens with one attached hydrogen (secondary N) is 2. The SMILES string of the molecule is COCCOCCCCNC(=O)N[C@H](C)C(=O)O. The van der Waals surface area contributed by atoms with Crippen LogP contribution in [0.15, 0.2) is 0 Å². The van der Waals surface area contributed by atoms with Crippen molar-refractivity contribution in [3.63, 3.8) is 0 Å². The van der Waals surface area contributed by atoms with Gasteiger partial charge in [-0.05, 0) is 19.8 Å². The number of unbranched alkanes of at least 4 members (excludes halogenated alkanes) is 1. The molecule has 0 aromatic rings.